The van der Waals surface area contributed by atoms with E-state index in [1.165, 1.54) is 12.1 Å². The summed E-state index contributed by atoms with van der Waals surface area (Å²) in [5.41, 5.74) is 0. The van der Waals surface area contributed by atoms with Gasteiger partial charge in [-0.25, -0.2) is 0 Å². The van der Waals surface area contributed by atoms with Crippen molar-refractivity contribution in [1.29, 1.82) is 0 Å². The lowest BCUT2D eigenvalue weighted by molar-refractivity contribution is 1.06. The summed E-state index contributed by atoms with van der Waals surface area (Å²) >= 11 is 0. The third kappa shape index (κ3) is 5.00. The van der Waals surface area contributed by atoms with E-state index in [1.807, 2.05) is 0 Å². The van der Waals surface area contributed by atoms with Gasteiger partial charge in [-0.2, -0.15) is 0 Å². The van der Waals surface area contributed by atoms with E-state index < -0.39 is 8.24 Å². The third-order valence-corrected chi connectivity index (χ3v) is 6.49. The van der Waals surface area contributed by atoms with Crippen molar-refractivity contribution >= 4 is 8.24 Å². The van der Waals surface area contributed by atoms with E-state index >= 15 is 0 Å². The van der Waals surface area contributed by atoms with E-state index in [2.05, 4.69) is 32.4 Å². The fraction of sp³-hybridized carbons (Fsp3) is 1.00. The first-order valence-electron chi connectivity index (χ1n) is 3.37. The second-order valence-electron chi connectivity index (χ2n) is 2.52. The molecule has 10 heavy (non-hydrogen) atoms. The topological polar surface area (TPSA) is 12.0 Å². The predicted octanol–water partition coefficient (Wildman–Crippen LogP) is 3.09. The monoisotopic (exact) mass is 163 g/mol. The largest absolute Gasteiger partial charge is 0.340 e. The van der Waals surface area contributed by atoms with Gasteiger partial charge in [0, 0.05) is 0 Å². The molecule has 0 aromatic heterocycles. The number of rotatable bonds is 3. The molecule has 0 aromatic carbocycles. The van der Waals surface area contributed by atoms with Gasteiger partial charge < -0.3 is 4.98 Å². The van der Waals surface area contributed by atoms with Crippen molar-refractivity contribution in [2.45, 2.75) is 47.3 Å². The van der Waals surface area contributed by atoms with Crippen LogP contribution in [-0.4, -0.2) is 15.3 Å². The van der Waals surface area contributed by atoms with Crippen LogP contribution in [0.5, 0.6) is 0 Å². The summed E-state index contributed by atoms with van der Waals surface area (Å²) in [6.45, 7) is 6.92. The number of hydrogen-bond donors (Lipinski definition) is 1. The van der Waals surface area contributed by atoms with Crippen LogP contribution in [0.1, 0.15) is 28.7 Å². The van der Waals surface area contributed by atoms with Crippen LogP contribution in [0.15, 0.2) is 0 Å². The van der Waals surface area contributed by atoms with Crippen molar-refractivity contribution in [2.75, 3.05) is 7.05 Å². The van der Waals surface area contributed by atoms with Crippen molar-refractivity contribution < 1.29 is 0 Å². The van der Waals surface area contributed by atoms with Crippen molar-refractivity contribution in [3.05, 3.63) is 0 Å². The normalized spacial score (nSPS) is 9.60. The minimum atomic E-state index is -0.921. The minimum absolute atomic E-state index is 0. The smallest absolute Gasteiger partial charge is 0.121 e. The molecule has 0 amide bonds. The lowest BCUT2D eigenvalue weighted by atomic mass is 10.9. The van der Waals surface area contributed by atoms with Crippen molar-refractivity contribution in [1.82, 2.24) is 4.98 Å². The second-order valence-corrected chi connectivity index (χ2v) is 7.55. The molecule has 0 aliphatic carbocycles. The van der Waals surface area contributed by atoms with Crippen LogP contribution in [0.25, 0.3) is 0 Å². The molecule has 0 aromatic rings. The van der Waals surface area contributed by atoms with E-state index in [9.17, 15) is 0 Å². The summed E-state index contributed by atoms with van der Waals surface area (Å²) in [5.74, 6) is 0. The summed E-state index contributed by atoms with van der Waals surface area (Å²) in [6.07, 6.45) is 0. The first kappa shape index (κ1) is 16.6. The Hall–Kier alpha value is 0.177. The van der Waals surface area contributed by atoms with E-state index in [0.717, 1.165) is 0 Å². The molecule has 0 heterocycles. The molecule has 0 aliphatic heterocycles. The quantitative estimate of drug-likeness (QED) is 0.631. The first-order chi connectivity index (χ1) is 3.68. The van der Waals surface area contributed by atoms with Gasteiger partial charge >= 0.3 is 0 Å². The molecule has 2 heteroatoms. The van der Waals surface area contributed by atoms with Crippen molar-refractivity contribution in [3.63, 3.8) is 0 Å². The molecule has 0 radical (unpaired) electrons. The van der Waals surface area contributed by atoms with E-state index in [4.69, 9.17) is 0 Å². The zero-order valence-corrected chi connectivity index (χ0v) is 7.41. The molecule has 0 spiro atoms. The lowest BCUT2D eigenvalue weighted by Crippen LogP contribution is -2.43. The van der Waals surface area contributed by atoms with Crippen molar-refractivity contribution in [2.24, 2.45) is 0 Å². The van der Waals surface area contributed by atoms with Gasteiger partial charge in [-0.05, 0) is 19.1 Å². The Kier molecular flexibility index (Phi) is 12.1. The molecule has 1 nitrogen and oxygen atoms in total. The highest BCUT2D eigenvalue weighted by atomic mass is 28.3. The molecule has 0 rings (SSSR count). The third-order valence-electron chi connectivity index (χ3n) is 2.16. The van der Waals surface area contributed by atoms with E-state index in [1.54, 1.807) is 0 Å². The van der Waals surface area contributed by atoms with Crippen LogP contribution < -0.4 is 4.98 Å². The van der Waals surface area contributed by atoms with Gasteiger partial charge in [-0.3, -0.25) is 0 Å². The van der Waals surface area contributed by atoms with Crippen LogP contribution in [0, 0.1) is 0 Å². The molecule has 0 saturated carbocycles. The zero-order chi connectivity index (χ0) is 6.62. The molecule has 0 saturated heterocycles. The van der Waals surface area contributed by atoms with Gasteiger partial charge in [0.1, 0.15) is 8.24 Å². The second kappa shape index (κ2) is 7.29. The zero-order valence-electron chi connectivity index (χ0n) is 6.41. The van der Waals surface area contributed by atoms with Crippen LogP contribution >= 0.6 is 0 Å². The molecule has 0 atom stereocenters. The number of nitrogens with one attached hydrogen (secondary N) is 1. The highest BCUT2D eigenvalue weighted by Gasteiger charge is 2.18. The Balaban J connectivity index is -0.000000245. The summed E-state index contributed by atoms with van der Waals surface area (Å²) in [4.78, 5) is 3.42. The highest BCUT2D eigenvalue weighted by molar-refractivity contribution is 6.76. The SMILES string of the molecule is C.C.CC[Si](C)(CC)NC. The van der Waals surface area contributed by atoms with Gasteiger partial charge in [0.25, 0.3) is 0 Å². The van der Waals surface area contributed by atoms with Crippen LogP contribution in [-0.2, 0) is 0 Å². The fourth-order valence-electron chi connectivity index (χ4n) is 0.604. The maximum Gasteiger partial charge on any atom is 0.121 e. The van der Waals surface area contributed by atoms with Crippen LogP contribution in [0.2, 0.25) is 18.6 Å². The summed E-state index contributed by atoms with van der Waals surface area (Å²) in [7, 11) is 1.16. The maximum absolute atomic E-state index is 3.42. The van der Waals surface area contributed by atoms with Crippen molar-refractivity contribution in [3.8, 4) is 0 Å². The molecule has 0 unspecified atom stereocenters. The molecule has 0 aliphatic rings. The average Bonchev–Trinajstić information content (AvgIpc) is 1.87. The molecule has 0 fully saturated rings. The van der Waals surface area contributed by atoms with E-state index in [0.29, 0.717) is 0 Å². The highest BCUT2D eigenvalue weighted by Crippen LogP contribution is 2.08. The van der Waals surface area contributed by atoms with Gasteiger partial charge in [0.15, 0.2) is 0 Å². The average molecular weight is 163 g/mol. The first-order valence-corrected chi connectivity index (χ1v) is 6.29. The Labute approximate surface area is 68.3 Å². The standard InChI is InChI=1S/C6H17NSi.2CH4/c1-5-8(4,6-2)7-3;;/h7H,5-6H2,1-4H3;2*1H4. The summed E-state index contributed by atoms with van der Waals surface area (Å²) < 4.78 is 0. The minimum Gasteiger partial charge on any atom is -0.340 e. The Morgan fingerprint density at radius 3 is 1.40 bits per heavy atom. The molecule has 66 valence electrons. The Morgan fingerprint density at radius 2 is 1.40 bits per heavy atom. The van der Waals surface area contributed by atoms with E-state index in [-0.39, 0.29) is 14.9 Å². The van der Waals surface area contributed by atoms with Gasteiger partial charge in [0.2, 0.25) is 0 Å². The lowest BCUT2D eigenvalue weighted by Gasteiger charge is -2.22. The molecular formula is C8H25NSi. The fourth-order valence-corrected chi connectivity index (χ4v) is 1.81. The maximum atomic E-state index is 3.42. The van der Waals surface area contributed by atoms with Gasteiger partial charge in [0.05, 0.1) is 0 Å². The number of hydrogen-bond acceptors (Lipinski definition) is 1. The summed E-state index contributed by atoms with van der Waals surface area (Å²) in [5, 5.41) is 0. The van der Waals surface area contributed by atoms with Crippen LogP contribution in [0.3, 0.4) is 0 Å². The Bertz CT molecular complexity index is 52.0. The Morgan fingerprint density at radius 1 is 1.10 bits per heavy atom. The van der Waals surface area contributed by atoms with Crippen LogP contribution in [0.4, 0.5) is 0 Å². The summed E-state index contributed by atoms with van der Waals surface area (Å²) in [6, 6.07) is 2.69. The van der Waals surface area contributed by atoms with Gasteiger partial charge in [-0.1, -0.05) is 35.2 Å². The molecule has 1 N–H and O–H groups in total. The predicted molar refractivity (Wildman–Crippen MR) is 55.1 cm³/mol. The molecular weight excluding hydrogens is 138 g/mol. The molecule has 0 bridgehead atoms. The van der Waals surface area contributed by atoms with Gasteiger partial charge in [-0.15, -0.1) is 0 Å².